The maximum absolute atomic E-state index is 11.6. The topological polar surface area (TPSA) is 29.1 Å². The Morgan fingerprint density at radius 3 is 2.67 bits per heavy atom. The Labute approximate surface area is 73.7 Å². The molecule has 2 nitrogen and oxygen atoms in total. The molecule has 2 aliphatic rings. The number of fused-ring (bicyclic) bond motifs is 2. The predicted octanol–water partition coefficient (Wildman–Crippen LogP) is 1.70. The first kappa shape index (κ1) is 8.09. The average molecular weight is 167 g/mol. The fraction of sp³-hybridized carbons (Fsp3) is 0.900. The van der Waals surface area contributed by atoms with E-state index in [-0.39, 0.29) is 16.9 Å². The van der Waals surface area contributed by atoms with Crippen LogP contribution in [0.15, 0.2) is 0 Å². The molecule has 0 radical (unpaired) electrons. The van der Waals surface area contributed by atoms with Crippen LogP contribution in [-0.2, 0) is 4.79 Å². The monoisotopic (exact) mass is 167 g/mol. The van der Waals surface area contributed by atoms with Gasteiger partial charge in [0.05, 0.1) is 0 Å². The highest BCUT2D eigenvalue weighted by molar-refractivity contribution is 5.86. The minimum Gasteiger partial charge on any atom is -0.350 e. The number of rotatable bonds is 0. The van der Waals surface area contributed by atoms with Crippen molar-refractivity contribution in [2.45, 2.75) is 45.6 Å². The molecule has 3 unspecified atom stereocenters. The summed E-state index contributed by atoms with van der Waals surface area (Å²) in [6, 6.07) is 0. The van der Waals surface area contributed by atoms with Crippen LogP contribution in [0, 0.1) is 11.3 Å². The van der Waals surface area contributed by atoms with E-state index in [1.54, 1.807) is 0 Å². The summed E-state index contributed by atoms with van der Waals surface area (Å²) in [5.74, 6) is 0.960. The van der Waals surface area contributed by atoms with E-state index in [2.05, 4.69) is 26.1 Å². The lowest BCUT2D eigenvalue weighted by Crippen LogP contribution is -2.39. The Kier molecular flexibility index (Phi) is 1.37. The molecule has 2 heteroatoms. The van der Waals surface area contributed by atoms with Crippen LogP contribution < -0.4 is 5.32 Å². The second kappa shape index (κ2) is 2.04. The second-order valence-electron chi connectivity index (χ2n) is 5.27. The Morgan fingerprint density at radius 1 is 1.42 bits per heavy atom. The van der Waals surface area contributed by atoms with Crippen molar-refractivity contribution in [1.29, 1.82) is 0 Å². The standard InChI is InChI=1S/C10H17NO/c1-7-4-9(2)6-10(3,5-7)11-8(9)12/h7H,4-6H2,1-3H3,(H,11,12). The molecule has 3 atom stereocenters. The molecule has 2 fully saturated rings. The van der Waals surface area contributed by atoms with Gasteiger partial charge in [-0.25, -0.2) is 0 Å². The molecule has 0 aromatic heterocycles. The van der Waals surface area contributed by atoms with Gasteiger partial charge in [-0.05, 0) is 32.1 Å². The van der Waals surface area contributed by atoms with Crippen LogP contribution in [-0.4, -0.2) is 11.4 Å². The van der Waals surface area contributed by atoms with E-state index in [0.29, 0.717) is 5.92 Å². The van der Waals surface area contributed by atoms with Crippen molar-refractivity contribution in [3.8, 4) is 0 Å². The molecule has 0 aromatic rings. The lowest BCUT2D eigenvalue weighted by atomic mass is 9.68. The summed E-state index contributed by atoms with van der Waals surface area (Å²) in [5, 5.41) is 3.12. The summed E-state index contributed by atoms with van der Waals surface area (Å²) < 4.78 is 0. The number of carbonyl (C=O) groups excluding carboxylic acids is 1. The molecular weight excluding hydrogens is 150 g/mol. The van der Waals surface area contributed by atoms with E-state index in [1.165, 1.54) is 0 Å². The van der Waals surface area contributed by atoms with Crippen LogP contribution in [0.3, 0.4) is 0 Å². The summed E-state index contributed by atoms with van der Waals surface area (Å²) in [6.45, 7) is 6.52. The lowest BCUT2D eigenvalue weighted by Gasteiger charge is -2.36. The largest absolute Gasteiger partial charge is 0.350 e. The number of nitrogens with one attached hydrogen (secondary N) is 1. The molecule has 12 heavy (non-hydrogen) atoms. The van der Waals surface area contributed by atoms with E-state index >= 15 is 0 Å². The lowest BCUT2D eigenvalue weighted by molar-refractivity contribution is -0.127. The van der Waals surface area contributed by atoms with Crippen molar-refractivity contribution >= 4 is 5.91 Å². The molecular formula is C10H17NO. The maximum atomic E-state index is 11.6. The van der Waals surface area contributed by atoms with Crippen molar-refractivity contribution in [2.24, 2.45) is 11.3 Å². The molecule has 2 bridgehead atoms. The molecule has 1 aliphatic carbocycles. The fourth-order valence-electron chi connectivity index (χ4n) is 3.31. The summed E-state index contributed by atoms with van der Waals surface area (Å²) in [5.41, 5.74) is 0.0376. The van der Waals surface area contributed by atoms with E-state index in [0.717, 1.165) is 19.3 Å². The van der Waals surface area contributed by atoms with Gasteiger partial charge in [0.2, 0.25) is 5.91 Å². The van der Waals surface area contributed by atoms with E-state index < -0.39 is 0 Å². The molecule has 0 aromatic carbocycles. The highest BCUT2D eigenvalue weighted by Crippen LogP contribution is 2.48. The molecule has 0 spiro atoms. The third kappa shape index (κ3) is 0.970. The van der Waals surface area contributed by atoms with Crippen molar-refractivity contribution < 1.29 is 4.79 Å². The molecule has 1 amide bonds. The van der Waals surface area contributed by atoms with Gasteiger partial charge in [0.25, 0.3) is 0 Å². The third-order valence-electron chi connectivity index (χ3n) is 3.34. The van der Waals surface area contributed by atoms with Crippen molar-refractivity contribution in [2.75, 3.05) is 0 Å². The first-order valence-corrected chi connectivity index (χ1v) is 4.76. The molecule has 1 saturated heterocycles. The third-order valence-corrected chi connectivity index (χ3v) is 3.34. The first-order chi connectivity index (χ1) is 5.44. The Morgan fingerprint density at radius 2 is 2.08 bits per heavy atom. The van der Waals surface area contributed by atoms with Crippen LogP contribution in [0.1, 0.15) is 40.0 Å². The van der Waals surface area contributed by atoms with Gasteiger partial charge in [-0.15, -0.1) is 0 Å². The molecule has 1 saturated carbocycles. The van der Waals surface area contributed by atoms with Crippen molar-refractivity contribution in [3.05, 3.63) is 0 Å². The number of hydrogen-bond donors (Lipinski definition) is 1. The minimum atomic E-state index is -0.0631. The van der Waals surface area contributed by atoms with Gasteiger partial charge in [-0.3, -0.25) is 4.79 Å². The smallest absolute Gasteiger partial charge is 0.226 e. The zero-order chi connectivity index (χ0) is 8.98. The van der Waals surface area contributed by atoms with Crippen molar-refractivity contribution in [3.63, 3.8) is 0 Å². The SMILES string of the molecule is CC1CC2(C)CC(C)(C1)C(=O)N2. The quantitative estimate of drug-likeness (QED) is 0.584. The highest BCUT2D eigenvalue weighted by Gasteiger charge is 2.53. The van der Waals surface area contributed by atoms with Gasteiger partial charge in [-0.1, -0.05) is 13.8 Å². The van der Waals surface area contributed by atoms with E-state index in [1.807, 2.05) is 0 Å². The van der Waals surface area contributed by atoms with Crippen LogP contribution in [0.5, 0.6) is 0 Å². The molecule has 1 heterocycles. The summed E-state index contributed by atoms with van der Waals surface area (Å²) in [4.78, 5) is 11.6. The predicted molar refractivity (Wildman–Crippen MR) is 47.7 cm³/mol. The maximum Gasteiger partial charge on any atom is 0.226 e. The number of carbonyl (C=O) groups is 1. The Bertz CT molecular complexity index is 238. The summed E-state index contributed by atoms with van der Waals surface area (Å²) in [6.07, 6.45) is 3.24. The molecule has 1 aliphatic heterocycles. The van der Waals surface area contributed by atoms with Gasteiger partial charge < -0.3 is 5.32 Å². The van der Waals surface area contributed by atoms with Gasteiger partial charge in [-0.2, -0.15) is 0 Å². The molecule has 2 rings (SSSR count). The molecule has 68 valence electrons. The van der Waals surface area contributed by atoms with E-state index in [4.69, 9.17) is 0 Å². The zero-order valence-electron chi connectivity index (χ0n) is 8.11. The van der Waals surface area contributed by atoms with Crippen molar-refractivity contribution in [1.82, 2.24) is 5.32 Å². The fourth-order valence-corrected chi connectivity index (χ4v) is 3.31. The van der Waals surface area contributed by atoms with Crippen LogP contribution in [0.4, 0.5) is 0 Å². The number of hydrogen-bond acceptors (Lipinski definition) is 1. The highest BCUT2D eigenvalue weighted by atomic mass is 16.2. The second-order valence-corrected chi connectivity index (χ2v) is 5.27. The molecule has 1 N–H and O–H groups in total. The first-order valence-electron chi connectivity index (χ1n) is 4.76. The van der Waals surface area contributed by atoms with Crippen LogP contribution in [0.2, 0.25) is 0 Å². The zero-order valence-corrected chi connectivity index (χ0v) is 8.11. The normalized spacial score (nSPS) is 52.2. The van der Waals surface area contributed by atoms with Crippen LogP contribution in [0.25, 0.3) is 0 Å². The Balaban J connectivity index is 2.33. The van der Waals surface area contributed by atoms with Gasteiger partial charge in [0.15, 0.2) is 0 Å². The van der Waals surface area contributed by atoms with Gasteiger partial charge in [0, 0.05) is 11.0 Å². The summed E-state index contributed by atoms with van der Waals surface area (Å²) >= 11 is 0. The minimum absolute atomic E-state index is 0.0631. The average Bonchev–Trinajstić information content (AvgIpc) is 1.96. The van der Waals surface area contributed by atoms with E-state index in [9.17, 15) is 4.79 Å². The van der Waals surface area contributed by atoms with Gasteiger partial charge in [0.1, 0.15) is 0 Å². The summed E-state index contributed by atoms with van der Waals surface area (Å²) in [7, 11) is 0. The number of amides is 1. The Hall–Kier alpha value is -0.530. The van der Waals surface area contributed by atoms with Crippen LogP contribution >= 0.6 is 0 Å². The van der Waals surface area contributed by atoms with Gasteiger partial charge >= 0.3 is 0 Å².